The summed E-state index contributed by atoms with van der Waals surface area (Å²) in [7, 11) is 1.84. The van der Waals surface area contributed by atoms with Crippen LogP contribution in [0.1, 0.15) is 23.1 Å². The Balaban J connectivity index is 1.98. The third-order valence-electron chi connectivity index (χ3n) is 4.23. The molecule has 2 aromatic carbocycles. The second-order valence-corrected chi connectivity index (χ2v) is 6.19. The fourth-order valence-electron chi connectivity index (χ4n) is 2.67. The zero-order valence-electron chi connectivity index (χ0n) is 15.5. The van der Waals surface area contributed by atoms with Gasteiger partial charge < -0.3 is 10.2 Å². The molecule has 0 fully saturated rings. The van der Waals surface area contributed by atoms with Crippen LogP contribution in [0.5, 0.6) is 0 Å². The number of nitrogens with one attached hydrogen (secondary N) is 1. The number of rotatable bonds is 5. The van der Waals surface area contributed by atoms with Crippen LogP contribution in [0, 0.1) is 5.82 Å². The van der Waals surface area contributed by atoms with Crippen LogP contribution >= 0.6 is 0 Å². The van der Waals surface area contributed by atoms with Gasteiger partial charge in [0.05, 0.1) is 5.69 Å². The molecule has 1 heterocycles. The Labute approximate surface area is 163 Å². The van der Waals surface area contributed by atoms with Crippen LogP contribution in [0.15, 0.2) is 48.5 Å². The molecule has 29 heavy (non-hydrogen) atoms. The Hall–Kier alpha value is -3.43. The molecule has 0 spiro atoms. The summed E-state index contributed by atoms with van der Waals surface area (Å²) in [6, 6.07) is 11.1. The Morgan fingerprint density at radius 3 is 2.55 bits per heavy atom. The minimum Gasteiger partial charge on any atom is -0.375 e. The topological polar surface area (TPSA) is 63.1 Å². The average molecular weight is 407 g/mol. The maximum atomic E-state index is 13.7. The lowest BCUT2D eigenvalue weighted by Gasteiger charge is -2.17. The monoisotopic (exact) mass is 407 g/mol. The number of carbonyl (C=O) groups is 1. The Morgan fingerprint density at radius 1 is 1.17 bits per heavy atom. The fraction of sp³-hybridized carbons (Fsp3) is 0.211. The van der Waals surface area contributed by atoms with Crippen molar-refractivity contribution in [2.45, 2.75) is 13.1 Å². The van der Waals surface area contributed by atoms with Gasteiger partial charge in [0.15, 0.2) is 11.4 Å². The van der Waals surface area contributed by atoms with E-state index < -0.39 is 29.3 Å². The molecule has 1 N–H and O–H groups in total. The molecule has 3 aromatic rings. The van der Waals surface area contributed by atoms with Gasteiger partial charge in [-0.05, 0) is 43.3 Å². The van der Waals surface area contributed by atoms with Crippen LogP contribution < -0.4 is 10.2 Å². The SMILES string of the molecule is CCN(C)c1cccc(NC(=O)c2nnn(-c3cccc(F)c3)c2C(F)(F)F)c1. The van der Waals surface area contributed by atoms with Crippen LogP contribution in [-0.4, -0.2) is 34.5 Å². The fourth-order valence-corrected chi connectivity index (χ4v) is 2.67. The smallest absolute Gasteiger partial charge is 0.375 e. The molecule has 3 rings (SSSR count). The third kappa shape index (κ3) is 4.36. The first-order valence-corrected chi connectivity index (χ1v) is 8.62. The van der Waals surface area contributed by atoms with E-state index in [1.165, 1.54) is 12.1 Å². The standard InChI is InChI=1S/C19H17F4N5O/c1-3-27(2)14-8-5-7-13(11-14)24-18(29)16-17(19(21,22)23)28(26-25-16)15-9-4-6-12(20)10-15/h4-11H,3H2,1-2H3,(H,24,29). The van der Waals surface area contributed by atoms with E-state index in [9.17, 15) is 22.4 Å². The second-order valence-electron chi connectivity index (χ2n) is 6.19. The molecule has 152 valence electrons. The van der Waals surface area contributed by atoms with Gasteiger partial charge in [-0.3, -0.25) is 4.79 Å². The predicted octanol–water partition coefficient (Wildman–Crippen LogP) is 4.13. The summed E-state index contributed by atoms with van der Waals surface area (Å²) in [6.45, 7) is 2.64. The van der Waals surface area contributed by atoms with Gasteiger partial charge in [-0.2, -0.15) is 13.2 Å². The maximum Gasteiger partial charge on any atom is 0.435 e. The van der Waals surface area contributed by atoms with Crippen LogP contribution in [0.2, 0.25) is 0 Å². The van der Waals surface area contributed by atoms with Crippen molar-refractivity contribution in [2.75, 3.05) is 23.8 Å². The van der Waals surface area contributed by atoms with Crippen molar-refractivity contribution in [3.05, 3.63) is 65.7 Å². The Kier molecular flexibility index (Phi) is 5.53. The van der Waals surface area contributed by atoms with Crippen LogP contribution in [0.4, 0.5) is 28.9 Å². The van der Waals surface area contributed by atoms with Crippen molar-refractivity contribution in [3.8, 4) is 5.69 Å². The lowest BCUT2D eigenvalue weighted by Crippen LogP contribution is -2.21. The minimum absolute atomic E-state index is 0.199. The molecule has 0 aliphatic carbocycles. The number of hydrogen-bond acceptors (Lipinski definition) is 4. The number of amides is 1. The minimum atomic E-state index is -4.94. The van der Waals surface area contributed by atoms with Crippen LogP contribution in [0.3, 0.4) is 0 Å². The first kappa shape index (κ1) is 20.3. The molecular weight excluding hydrogens is 390 g/mol. The van der Waals surface area contributed by atoms with Gasteiger partial charge in [0, 0.05) is 25.0 Å². The summed E-state index contributed by atoms with van der Waals surface area (Å²) >= 11 is 0. The number of benzene rings is 2. The van der Waals surface area contributed by atoms with Gasteiger partial charge in [-0.15, -0.1) is 5.10 Å². The van der Waals surface area contributed by atoms with Crippen molar-refractivity contribution < 1.29 is 22.4 Å². The van der Waals surface area contributed by atoms with Crippen molar-refractivity contribution in [1.29, 1.82) is 0 Å². The maximum absolute atomic E-state index is 13.7. The van der Waals surface area contributed by atoms with E-state index in [0.717, 1.165) is 17.8 Å². The van der Waals surface area contributed by atoms with Gasteiger partial charge in [-0.25, -0.2) is 9.07 Å². The lowest BCUT2D eigenvalue weighted by molar-refractivity contribution is -0.143. The molecular formula is C19H17F4N5O. The number of halogens is 4. The van der Waals surface area contributed by atoms with Crippen molar-refractivity contribution in [2.24, 2.45) is 0 Å². The summed E-state index contributed by atoms with van der Waals surface area (Å²) in [5, 5.41) is 9.24. The lowest BCUT2D eigenvalue weighted by atomic mass is 10.2. The number of nitrogens with zero attached hydrogens (tertiary/aromatic N) is 4. The summed E-state index contributed by atoms with van der Waals surface area (Å²) in [5.74, 6) is -1.81. The van der Waals surface area contributed by atoms with Gasteiger partial charge in [0.2, 0.25) is 0 Å². The molecule has 0 radical (unpaired) electrons. The predicted molar refractivity (Wildman–Crippen MR) is 99.7 cm³/mol. The highest BCUT2D eigenvalue weighted by Crippen LogP contribution is 2.33. The highest BCUT2D eigenvalue weighted by molar-refractivity contribution is 6.04. The Bertz CT molecular complexity index is 1030. The van der Waals surface area contributed by atoms with Gasteiger partial charge in [0.1, 0.15) is 5.82 Å². The first-order chi connectivity index (χ1) is 13.7. The van der Waals surface area contributed by atoms with Gasteiger partial charge in [0.25, 0.3) is 5.91 Å². The van der Waals surface area contributed by atoms with Crippen molar-refractivity contribution in [1.82, 2.24) is 15.0 Å². The number of aromatic nitrogens is 3. The zero-order chi connectivity index (χ0) is 21.2. The molecule has 0 bridgehead atoms. The largest absolute Gasteiger partial charge is 0.435 e. The summed E-state index contributed by atoms with van der Waals surface area (Å²) in [4.78, 5) is 14.4. The zero-order valence-corrected chi connectivity index (χ0v) is 15.5. The molecule has 1 aromatic heterocycles. The van der Waals surface area contributed by atoms with Crippen LogP contribution in [-0.2, 0) is 6.18 Å². The van der Waals surface area contributed by atoms with E-state index >= 15 is 0 Å². The van der Waals surface area contributed by atoms with Crippen molar-refractivity contribution in [3.63, 3.8) is 0 Å². The van der Waals surface area contributed by atoms with Crippen LogP contribution in [0.25, 0.3) is 5.69 Å². The number of hydrogen-bond donors (Lipinski definition) is 1. The molecule has 0 aliphatic rings. The van der Waals surface area contributed by atoms with E-state index in [1.54, 1.807) is 24.3 Å². The molecule has 6 nitrogen and oxygen atoms in total. The quantitative estimate of drug-likeness (QED) is 0.646. The molecule has 10 heteroatoms. The van der Waals surface area contributed by atoms with E-state index in [2.05, 4.69) is 15.6 Å². The normalized spacial score (nSPS) is 11.4. The molecule has 0 saturated carbocycles. The first-order valence-electron chi connectivity index (χ1n) is 8.62. The molecule has 1 amide bonds. The number of carbonyl (C=O) groups excluding carboxylic acids is 1. The van der Waals surface area contributed by atoms with E-state index in [-0.39, 0.29) is 5.69 Å². The second kappa shape index (κ2) is 7.90. The highest BCUT2D eigenvalue weighted by Gasteiger charge is 2.42. The molecule has 0 unspecified atom stereocenters. The molecule has 0 aliphatic heterocycles. The van der Waals surface area contributed by atoms with Crippen molar-refractivity contribution >= 4 is 17.3 Å². The summed E-state index contributed by atoms with van der Waals surface area (Å²) < 4.78 is 54.8. The number of alkyl halides is 3. The summed E-state index contributed by atoms with van der Waals surface area (Å²) in [5.41, 5.74) is -1.40. The van der Waals surface area contributed by atoms with Gasteiger partial charge in [-0.1, -0.05) is 17.3 Å². The Morgan fingerprint density at radius 2 is 1.90 bits per heavy atom. The van der Waals surface area contributed by atoms with E-state index in [4.69, 9.17) is 0 Å². The third-order valence-corrected chi connectivity index (χ3v) is 4.23. The highest BCUT2D eigenvalue weighted by atomic mass is 19.4. The summed E-state index contributed by atoms with van der Waals surface area (Å²) in [6.07, 6.45) is -4.94. The van der Waals surface area contributed by atoms with E-state index in [0.29, 0.717) is 16.9 Å². The van der Waals surface area contributed by atoms with Gasteiger partial charge >= 0.3 is 6.18 Å². The molecule has 0 atom stereocenters. The average Bonchev–Trinajstić information content (AvgIpc) is 3.13. The molecule has 0 saturated heterocycles. The number of anilines is 2. The van der Waals surface area contributed by atoms with E-state index in [1.807, 2.05) is 18.9 Å².